The zero-order valence-electron chi connectivity index (χ0n) is 30.1. The van der Waals surface area contributed by atoms with E-state index in [2.05, 4.69) is 228 Å². The molecular weight excluding hydrogens is 669 g/mol. The minimum absolute atomic E-state index is 0.813. The molecule has 0 fully saturated rings. The Morgan fingerprint density at radius 1 is 0.327 bits per heavy atom. The van der Waals surface area contributed by atoms with E-state index in [0.29, 0.717) is 0 Å². The van der Waals surface area contributed by atoms with Gasteiger partial charge in [0, 0.05) is 33.3 Å². The van der Waals surface area contributed by atoms with Crippen LogP contribution < -0.4 is 9.80 Å². The van der Waals surface area contributed by atoms with Crippen molar-refractivity contribution < 1.29 is 4.42 Å². The molecule has 3 nitrogen and oxygen atoms in total. The number of benzene rings is 9. The van der Waals surface area contributed by atoms with Crippen LogP contribution in [0.1, 0.15) is 0 Å². The molecule has 10 aromatic rings. The van der Waals surface area contributed by atoms with E-state index in [4.69, 9.17) is 4.42 Å². The van der Waals surface area contributed by atoms with E-state index in [1.54, 1.807) is 0 Å². The summed E-state index contributed by atoms with van der Waals surface area (Å²) in [6, 6.07) is 77.5. The van der Waals surface area contributed by atoms with Crippen molar-refractivity contribution in [3.05, 3.63) is 218 Å². The minimum atomic E-state index is 0.813. The molecule has 3 heteroatoms. The molecule has 0 saturated heterocycles. The number of hydrogen-bond acceptors (Lipinski definition) is 3. The summed E-state index contributed by atoms with van der Waals surface area (Å²) in [6.07, 6.45) is 0. The van der Waals surface area contributed by atoms with E-state index in [-0.39, 0.29) is 0 Å². The van der Waals surface area contributed by atoms with Gasteiger partial charge in [0.25, 0.3) is 0 Å². The van der Waals surface area contributed by atoms with Crippen molar-refractivity contribution in [1.29, 1.82) is 0 Å². The highest BCUT2D eigenvalue weighted by Crippen LogP contribution is 2.53. The van der Waals surface area contributed by atoms with E-state index in [1.165, 1.54) is 5.39 Å². The standard InChI is InChI=1S/C52H36N2O/c1-5-19-37(20-6-1)43-29-15-17-31-47(43)53(41-25-9-3-10-26-41)49-34-33-45-46-35-39-23-13-14-24-40(39)36-50(46)55-52(45)51(49)54(42-27-11-4-12-28-42)48-32-18-16-30-44(48)38-21-7-2-8-22-38/h1-36H. The predicted octanol–water partition coefficient (Wildman–Crippen LogP) is 15.0. The Hall–Kier alpha value is -7.36. The Morgan fingerprint density at radius 2 is 0.782 bits per heavy atom. The molecular formula is C52H36N2O. The van der Waals surface area contributed by atoms with Crippen molar-refractivity contribution in [2.75, 3.05) is 9.80 Å². The van der Waals surface area contributed by atoms with Gasteiger partial charge < -0.3 is 14.2 Å². The lowest BCUT2D eigenvalue weighted by molar-refractivity contribution is 0.669. The van der Waals surface area contributed by atoms with Crippen molar-refractivity contribution in [3.8, 4) is 22.3 Å². The summed E-state index contributed by atoms with van der Waals surface area (Å²) >= 11 is 0. The van der Waals surface area contributed by atoms with Crippen molar-refractivity contribution >= 4 is 66.8 Å². The molecule has 0 aliphatic heterocycles. The van der Waals surface area contributed by atoms with Crippen LogP contribution in [0, 0.1) is 0 Å². The first-order valence-corrected chi connectivity index (χ1v) is 18.7. The largest absolute Gasteiger partial charge is 0.454 e. The third-order valence-electron chi connectivity index (χ3n) is 10.4. The first-order valence-electron chi connectivity index (χ1n) is 18.7. The van der Waals surface area contributed by atoms with Gasteiger partial charge in [-0.1, -0.05) is 158 Å². The molecule has 0 radical (unpaired) electrons. The second-order valence-corrected chi connectivity index (χ2v) is 13.7. The van der Waals surface area contributed by atoms with Crippen LogP contribution in [-0.4, -0.2) is 0 Å². The highest BCUT2D eigenvalue weighted by atomic mass is 16.3. The summed E-state index contributed by atoms with van der Waals surface area (Å²) in [4.78, 5) is 4.78. The van der Waals surface area contributed by atoms with Gasteiger partial charge in [-0.2, -0.15) is 0 Å². The Labute approximate surface area is 320 Å². The first kappa shape index (κ1) is 32.3. The topological polar surface area (TPSA) is 19.6 Å². The van der Waals surface area contributed by atoms with E-state index in [1.807, 2.05) is 0 Å². The van der Waals surface area contributed by atoms with Gasteiger partial charge >= 0.3 is 0 Å². The van der Waals surface area contributed by atoms with E-state index in [9.17, 15) is 0 Å². The monoisotopic (exact) mass is 704 g/mol. The number of fused-ring (bicyclic) bond motifs is 4. The quantitative estimate of drug-likeness (QED) is 0.157. The number of para-hydroxylation sites is 4. The van der Waals surface area contributed by atoms with Crippen LogP contribution in [0.2, 0.25) is 0 Å². The van der Waals surface area contributed by atoms with E-state index < -0.39 is 0 Å². The second-order valence-electron chi connectivity index (χ2n) is 13.7. The van der Waals surface area contributed by atoms with Gasteiger partial charge in [0.15, 0.2) is 5.58 Å². The lowest BCUT2D eigenvalue weighted by Gasteiger charge is -2.34. The highest BCUT2D eigenvalue weighted by Gasteiger charge is 2.29. The molecule has 9 aromatic carbocycles. The molecule has 0 atom stereocenters. The maximum atomic E-state index is 7.17. The normalized spacial score (nSPS) is 11.3. The Morgan fingerprint density at radius 3 is 1.36 bits per heavy atom. The maximum Gasteiger partial charge on any atom is 0.161 e. The van der Waals surface area contributed by atoms with Gasteiger partial charge in [0.05, 0.1) is 17.1 Å². The van der Waals surface area contributed by atoms with Crippen molar-refractivity contribution in [2.45, 2.75) is 0 Å². The Balaban J connectivity index is 1.36. The van der Waals surface area contributed by atoms with Crippen LogP contribution in [-0.2, 0) is 0 Å². The fraction of sp³-hybridized carbons (Fsp3) is 0. The van der Waals surface area contributed by atoms with Crippen LogP contribution in [0.15, 0.2) is 223 Å². The predicted molar refractivity (Wildman–Crippen MR) is 231 cm³/mol. The smallest absolute Gasteiger partial charge is 0.161 e. The average molecular weight is 705 g/mol. The first-order chi connectivity index (χ1) is 27.3. The summed E-state index contributed by atoms with van der Waals surface area (Å²) in [5.74, 6) is 0. The molecule has 0 aliphatic carbocycles. The molecule has 0 unspecified atom stereocenters. The number of rotatable bonds is 8. The van der Waals surface area contributed by atoms with Crippen molar-refractivity contribution in [1.82, 2.24) is 0 Å². The number of furan rings is 1. The van der Waals surface area contributed by atoms with E-state index >= 15 is 0 Å². The maximum absolute atomic E-state index is 7.17. The molecule has 0 aliphatic rings. The molecule has 0 spiro atoms. The molecule has 10 rings (SSSR count). The molecule has 0 amide bonds. The van der Waals surface area contributed by atoms with Crippen LogP contribution in [0.4, 0.5) is 34.1 Å². The molecule has 260 valence electrons. The number of hydrogen-bond donors (Lipinski definition) is 0. The fourth-order valence-corrected chi connectivity index (χ4v) is 7.91. The van der Waals surface area contributed by atoms with Crippen molar-refractivity contribution in [3.63, 3.8) is 0 Å². The molecule has 0 N–H and O–H groups in total. The van der Waals surface area contributed by atoms with Gasteiger partial charge in [-0.3, -0.25) is 0 Å². The third-order valence-corrected chi connectivity index (χ3v) is 10.4. The summed E-state index contributed by atoms with van der Waals surface area (Å²) in [7, 11) is 0. The summed E-state index contributed by atoms with van der Waals surface area (Å²) in [5, 5.41) is 4.47. The molecule has 0 bridgehead atoms. The van der Waals surface area contributed by atoms with Crippen molar-refractivity contribution in [2.24, 2.45) is 0 Å². The van der Waals surface area contributed by atoms with E-state index in [0.717, 1.165) is 83.7 Å². The lowest BCUT2D eigenvalue weighted by atomic mass is 9.99. The zero-order chi connectivity index (χ0) is 36.6. The lowest BCUT2D eigenvalue weighted by Crippen LogP contribution is -2.18. The van der Waals surface area contributed by atoms with Gasteiger partial charge in [-0.25, -0.2) is 0 Å². The molecule has 0 saturated carbocycles. The zero-order valence-corrected chi connectivity index (χ0v) is 30.1. The summed E-state index contributed by atoms with van der Waals surface area (Å²) in [5.41, 5.74) is 12.3. The average Bonchev–Trinajstić information content (AvgIpc) is 3.62. The Bertz CT molecular complexity index is 2920. The van der Waals surface area contributed by atoms with Crippen LogP contribution in [0.3, 0.4) is 0 Å². The molecule has 1 aromatic heterocycles. The van der Waals surface area contributed by atoms with Crippen LogP contribution >= 0.6 is 0 Å². The summed E-state index contributed by atoms with van der Waals surface area (Å²) < 4.78 is 7.17. The number of anilines is 6. The fourth-order valence-electron chi connectivity index (χ4n) is 7.91. The highest BCUT2D eigenvalue weighted by molar-refractivity contribution is 6.17. The van der Waals surface area contributed by atoms with Gasteiger partial charge in [-0.05, 0) is 82.6 Å². The summed E-state index contributed by atoms with van der Waals surface area (Å²) in [6.45, 7) is 0. The van der Waals surface area contributed by atoms with Gasteiger partial charge in [-0.15, -0.1) is 0 Å². The number of nitrogens with zero attached hydrogens (tertiary/aromatic N) is 2. The molecule has 55 heavy (non-hydrogen) atoms. The van der Waals surface area contributed by atoms with Gasteiger partial charge in [0.1, 0.15) is 11.3 Å². The van der Waals surface area contributed by atoms with Crippen LogP contribution in [0.25, 0.3) is 55.0 Å². The third kappa shape index (κ3) is 5.80. The Kier molecular flexibility index (Phi) is 8.16. The minimum Gasteiger partial charge on any atom is -0.454 e. The van der Waals surface area contributed by atoms with Crippen LogP contribution in [0.5, 0.6) is 0 Å². The van der Waals surface area contributed by atoms with Gasteiger partial charge in [0.2, 0.25) is 0 Å². The SMILES string of the molecule is c1ccc(-c2ccccc2N(c2ccccc2)c2ccc3c(oc4cc5ccccc5cc43)c2N(c2ccccc2)c2ccccc2-c2ccccc2)cc1. The second kappa shape index (κ2) is 13.9. The molecule has 1 heterocycles.